The van der Waals surface area contributed by atoms with Crippen LogP contribution in [0.15, 0.2) is 64.9 Å². The number of carbonyl (C=O) groups is 1. The molecule has 41 heavy (non-hydrogen) atoms. The number of ether oxygens (including phenoxy) is 1. The Balaban J connectivity index is 1.18. The van der Waals surface area contributed by atoms with E-state index >= 15 is 0 Å². The lowest BCUT2D eigenvalue weighted by atomic mass is 9.47. The van der Waals surface area contributed by atoms with E-state index in [1.807, 2.05) is 36.4 Å². The molecule has 0 radical (unpaired) electrons. The van der Waals surface area contributed by atoms with Crippen molar-refractivity contribution in [1.29, 1.82) is 10.5 Å². The van der Waals surface area contributed by atoms with Gasteiger partial charge in [-0.1, -0.05) is 49.8 Å². The Labute approximate surface area is 244 Å². The molecule has 2 aromatic rings. The fraction of sp³-hybridized carbons (Fsp3) is 0.455. The molecule has 5 aliphatic rings. The first kappa shape index (κ1) is 26.0. The van der Waals surface area contributed by atoms with Gasteiger partial charge in [0, 0.05) is 16.7 Å². The van der Waals surface area contributed by atoms with Gasteiger partial charge in [-0.2, -0.15) is 10.5 Å². The van der Waals surface area contributed by atoms with Crippen LogP contribution in [0.4, 0.5) is 5.13 Å². The maximum absolute atomic E-state index is 12.2. The summed E-state index contributed by atoms with van der Waals surface area (Å²) in [5.74, 6) is 1.75. The first-order chi connectivity index (χ1) is 19.8. The van der Waals surface area contributed by atoms with E-state index in [0.29, 0.717) is 40.7 Å². The van der Waals surface area contributed by atoms with Gasteiger partial charge in [0.1, 0.15) is 23.3 Å². The molecular formula is C33H33N5O2S. The third-order valence-electron chi connectivity index (χ3n) is 10.9. The normalized spacial score (nSPS) is 33.9. The number of aromatic nitrogens is 1. The highest BCUT2D eigenvalue weighted by Gasteiger charge is 2.59. The number of hydrogen-bond acceptors (Lipinski definition) is 8. The summed E-state index contributed by atoms with van der Waals surface area (Å²) in [6.07, 6.45) is 9.09. The zero-order valence-corrected chi connectivity index (χ0v) is 24.2. The minimum Gasteiger partial charge on any atom is -0.423 e. The lowest BCUT2D eigenvalue weighted by Crippen LogP contribution is -2.51. The molecule has 7 nitrogen and oxygen atoms in total. The fourth-order valence-corrected chi connectivity index (χ4v) is 9.93. The first-order valence-electron chi connectivity index (χ1n) is 14.5. The highest BCUT2D eigenvalue weighted by atomic mass is 32.1. The highest BCUT2D eigenvalue weighted by molar-refractivity contribution is 7.15. The molecule has 0 saturated heterocycles. The maximum atomic E-state index is 12.2. The van der Waals surface area contributed by atoms with Crippen LogP contribution in [0.5, 0.6) is 0 Å². The van der Waals surface area contributed by atoms with Gasteiger partial charge in [0.15, 0.2) is 10.9 Å². The molecule has 7 rings (SSSR count). The summed E-state index contributed by atoms with van der Waals surface area (Å²) < 4.78 is 5.84. The summed E-state index contributed by atoms with van der Waals surface area (Å²) in [6.45, 7) is 4.81. The lowest BCUT2D eigenvalue weighted by molar-refractivity contribution is -0.117. The molecule has 2 fully saturated rings. The van der Waals surface area contributed by atoms with E-state index in [1.54, 1.807) is 11.3 Å². The molecule has 1 aromatic carbocycles. The van der Waals surface area contributed by atoms with Crippen molar-refractivity contribution < 1.29 is 9.53 Å². The third kappa shape index (κ3) is 3.81. The summed E-state index contributed by atoms with van der Waals surface area (Å²) >= 11 is 1.64. The Kier molecular flexibility index (Phi) is 5.92. The number of thiazole rings is 1. The third-order valence-corrected chi connectivity index (χ3v) is 11.9. The van der Waals surface area contributed by atoms with Crippen molar-refractivity contribution >= 4 is 22.3 Å². The monoisotopic (exact) mass is 563 g/mol. The second kappa shape index (κ2) is 9.33. The maximum Gasteiger partial charge on any atom is 0.216 e. The predicted molar refractivity (Wildman–Crippen MR) is 156 cm³/mol. The summed E-state index contributed by atoms with van der Waals surface area (Å²) in [5.41, 5.74) is 10.3. The van der Waals surface area contributed by atoms with Gasteiger partial charge in [0.05, 0.1) is 11.6 Å². The van der Waals surface area contributed by atoms with Crippen molar-refractivity contribution in [3.05, 3.63) is 81.0 Å². The van der Waals surface area contributed by atoms with Crippen LogP contribution >= 0.6 is 11.3 Å². The minimum absolute atomic E-state index is 0.000855. The number of rotatable bonds is 3. The second-order valence-corrected chi connectivity index (χ2v) is 13.8. The lowest BCUT2D eigenvalue weighted by Gasteiger charge is -2.57. The number of carbonyl (C=O) groups excluding carboxylic acids is 1. The van der Waals surface area contributed by atoms with Crippen LogP contribution in [0.25, 0.3) is 0 Å². The molecular weight excluding hydrogens is 530 g/mol. The van der Waals surface area contributed by atoms with Crippen molar-refractivity contribution in [3.63, 3.8) is 0 Å². The number of allylic oxidation sites excluding steroid dienone is 4. The fourth-order valence-electron chi connectivity index (χ4n) is 8.78. The molecule has 2 saturated carbocycles. The number of benzene rings is 1. The van der Waals surface area contributed by atoms with Gasteiger partial charge in [-0.25, -0.2) is 4.98 Å². The van der Waals surface area contributed by atoms with Crippen LogP contribution in [0.2, 0.25) is 0 Å². The van der Waals surface area contributed by atoms with Crippen LogP contribution in [0.1, 0.15) is 74.4 Å². The van der Waals surface area contributed by atoms with E-state index in [0.717, 1.165) is 44.1 Å². The van der Waals surface area contributed by atoms with Gasteiger partial charge < -0.3 is 15.8 Å². The number of nitrogens with one attached hydrogen (secondary N) is 1. The van der Waals surface area contributed by atoms with E-state index in [9.17, 15) is 15.3 Å². The van der Waals surface area contributed by atoms with Gasteiger partial charge in [0.2, 0.25) is 11.8 Å². The van der Waals surface area contributed by atoms with Crippen molar-refractivity contribution in [3.8, 4) is 12.1 Å². The summed E-state index contributed by atoms with van der Waals surface area (Å²) in [5, 5.41) is 24.0. The zero-order chi connectivity index (χ0) is 28.5. The quantitative estimate of drug-likeness (QED) is 0.446. The summed E-state index contributed by atoms with van der Waals surface area (Å²) in [7, 11) is 0. The summed E-state index contributed by atoms with van der Waals surface area (Å²) in [6, 6.07) is 13.9. The zero-order valence-electron chi connectivity index (χ0n) is 23.4. The molecule has 6 atom stereocenters. The largest absolute Gasteiger partial charge is 0.423 e. The number of nitriles is 2. The number of hydrogen-bond donors (Lipinski definition) is 2. The van der Waals surface area contributed by atoms with Gasteiger partial charge in [0.25, 0.3) is 0 Å². The first-order valence-corrected chi connectivity index (χ1v) is 15.4. The number of anilines is 1. The molecule has 2 heterocycles. The van der Waals surface area contributed by atoms with Crippen LogP contribution < -0.4 is 11.1 Å². The Morgan fingerprint density at radius 2 is 1.83 bits per heavy atom. The van der Waals surface area contributed by atoms with Crippen LogP contribution in [0.3, 0.4) is 0 Å². The average Bonchev–Trinajstić information content (AvgIpc) is 3.49. The van der Waals surface area contributed by atoms with E-state index in [2.05, 4.69) is 31.3 Å². The Morgan fingerprint density at radius 1 is 1.05 bits per heavy atom. The average molecular weight is 564 g/mol. The summed E-state index contributed by atoms with van der Waals surface area (Å²) in [4.78, 5) is 18.6. The van der Waals surface area contributed by atoms with Crippen LogP contribution in [-0.2, 0) is 21.4 Å². The van der Waals surface area contributed by atoms with E-state index in [-0.39, 0.29) is 28.2 Å². The second-order valence-electron chi connectivity index (χ2n) is 12.7. The van der Waals surface area contributed by atoms with Gasteiger partial charge in [-0.05, 0) is 73.3 Å². The number of nitrogens with two attached hydrogens (primary N) is 1. The number of ketones is 1. The molecule has 8 heteroatoms. The van der Waals surface area contributed by atoms with Crippen LogP contribution in [0, 0.1) is 45.8 Å². The topological polar surface area (TPSA) is 125 Å². The Morgan fingerprint density at radius 3 is 2.59 bits per heavy atom. The molecule has 208 valence electrons. The predicted octanol–water partition coefficient (Wildman–Crippen LogP) is 6.34. The Hall–Kier alpha value is -3.88. The number of fused-ring (bicyclic) bond motifs is 7. The van der Waals surface area contributed by atoms with Gasteiger partial charge in [-0.15, -0.1) is 11.3 Å². The van der Waals surface area contributed by atoms with Gasteiger partial charge >= 0.3 is 0 Å². The molecule has 1 aromatic heterocycles. The van der Waals surface area contributed by atoms with E-state index in [4.69, 9.17) is 15.5 Å². The molecule has 0 amide bonds. The van der Waals surface area contributed by atoms with Gasteiger partial charge in [-0.3, -0.25) is 4.79 Å². The smallest absolute Gasteiger partial charge is 0.216 e. The Bertz CT molecular complexity index is 1640. The highest BCUT2D eigenvalue weighted by Crippen LogP contribution is 2.65. The van der Waals surface area contributed by atoms with Crippen LogP contribution in [-0.4, -0.2) is 10.8 Å². The molecule has 4 aliphatic carbocycles. The SMILES string of the molecule is C[C@]12CCC(=O)C=C1CC[C@@H]1[C@@H]2CC[C@]2(C)c3nc(NC4=C(C#N)C(c5ccccc5)C(C#N)=C(N)O4)sc3C[C@@H]12. The van der Waals surface area contributed by atoms with Crippen molar-refractivity contribution in [2.45, 2.75) is 70.1 Å². The van der Waals surface area contributed by atoms with Crippen molar-refractivity contribution in [1.82, 2.24) is 4.98 Å². The molecule has 0 spiro atoms. The number of nitrogens with zero attached hydrogens (tertiary/aromatic N) is 3. The molecule has 1 unspecified atom stereocenters. The molecule has 3 N–H and O–H groups in total. The minimum atomic E-state index is -0.604. The van der Waals surface area contributed by atoms with E-state index < -0.39 is 5.92 Å². The molecule has 1 aliphatic heterocycles. The van der Waals surface area contributed by atoms with Crippen molar-refractivity contribution in [2.75, 3.05) is 5.32 Å². The standard InChI is InChI=1S/C33H33N5O2S/c1-32-12-10-20(39)14-19(32)8-9-21-24(32)11-13-33(2)25(21)15-26-28(33)37-31(41-26)38-30-23(17-35)27(18-6-4-3-5-7-18)22(16-34)29(36)40-30/h3-7,14,21,24-25,27H,8-13,15,36H2,1-2H3,(H,37,38)/t21-,24+,25+,27?,32+,33+/m1/s1. The van der Waals surface area contributed by atoms with E-state index in [1.165, 1.54) is 16.1 Å². The molecule has 0 bridgehead atoms. The van der Waals surface area contributed by atoms with Crippen molar-refractivity contribution in [2.24, 2.45) is 28.9 Å².